The molecule has 16 heteroatoms. The number of amides is 1. The maximum atomic E-state index is 12.8. The van der Waals surface area contributed by atoms with Crippen molar-refractivity contribution in [1.82, 2.24) is 14.3 Å². The largest absolute Gasteiger partial charge is 0.490 e. The highest BCUT2D eigenvalue weighted by Crippen LogP contribution is 2.36. The van der Waals surface area contributed by atoms with Gasteiger partial charge in [0.1, 0.15) is 12.9 Å². The summed E-state index contributed by atoms with van der Waals surface area (Å²) in [5.41, 5.74) is 6.69. The van der Waals surface area contributed by atoms with Crippen molar-refractivity contribution in [2.75, 3.05) is 11.4 Å². The molecule has 3 N–H and O–H groups in total. The number of anilines is 2. The number of fused-ring (bicyclic) bond motifs is 1. The van der Waals surface area contributed by atoms with Crippen molar-refractivity contribution in [3.8, 4) is 0 Å². The Morgan fingerprint density at radius 2 is 1.89 bits per heavy atom. The van der Waals surface area contributed by atoms with Gasteiger partial charge in [0.15, 0.2) is 0 Å². The van der Waals surface area contributed by atoms with Crippen molar-refractivity contribution in [2.24, 2.45) is 5.73 Å². The Balaban J connectivity index is 0.000000479. The van der Waals surface area contributed by atoms with Crippen LogP contribution in [0.25, 0.3) is 0 Å². The summed E-state index contributed by atoms with van der Waals surface area (Å²) in [6.07, 6.45) is -6.18. The van der Waals surface area contributed by atoms with E-state index in [0.717, 1.165) is 20.8 Å². The van der Waals surface area contributed by atoms with Crippen LogP contribution in [0, 0.1) is 0 Å². The van der Waals surface area contributed by atoms with Gasteiger partial charge in [0.2, 0.25) is 0 Å². The smallest absolute Gasteiger partial charge is 0.475 e. The lowest BCUT2D eigenvalue weighted by Crippen LogP contribution is -2.31. The highest BCUT2D eigenvalue weighted by molar-refractivity contribution is 7.10. The molecule has 1 aliphatic heterocycles. The summed E-state index contributed by atoms with van der Waals surface area (Å²) >= 11 is 1.36. The molecule has 0 aliphatic carbocycles. The predicted octanol–water partition coefficient (Wildman–Crippen LogP) is 3.69. The van der Waals surface area contributed by atoms with Gasteiger partial charge in [0.05, 0.1) is 24.5 Å². The Morgan fingerprint density at radius 3 is 2.51 bits per heavy atom. The summed E-state index contributed by atoms with van der Waals surface area (Å²) in [5, 5.41) is 12.8. The Kier molecular flexibility index (Phi) is 8.44. The number of hydrogen-bond donors (Lipinski definition) is 2. The molecule has 1 aliphatic rings. The topological polar surface area (TPSA) is 133 Å². The van der Waals surface area contributed by atoms with Crippen LogP contribution in [-0.2, 0) is 29.2 Å². The Morgan fingerprint density at radius 1 is 1.22 bits per heavy atom. The van der Waals surface area contributed by atoms with Crippen LogP contribution < -0.4 is 16.3 Å². The first-order valence-electron chi connectivity index (χ1n) is 10.2. The molecule has 0 radical (unpaired) electrons. The molecule has 3 heterocycles. The second kappa shape index (κ2) is 11.3. The molecule has 0 unspecified atom stereocenters. The lowest BCUT2D eigenvalue weighted by atomic mass is 10.1. The SMILES string of the molecule is NCC(Cn1ncn(Cc2cc(N3C(=O)OCc4ccccc43)cs2)c1=O)=C(F)F.O=C(O)C(F)(F)F. The number of nitrogens with two attached hydrogens (primary N) is 1. The van der Waals surface area contributed by atoms with Crippen LogP contribution >= 0.6 is 11.3 Å². The van der Waals surface area contributed by atoms with Crippen molar-refractivity contribution in [1.29, 1.82) is 0 Å². The van der Waals surface area contributed by atoms with Crippen molar-refractivity contribution < 1.29 is 41.4 Å². The maximum Gasteiger partial charge on any atom is 0.490 e. The van der Waals surface area contributed by atoms with Crippen molar-refractivity contribution >= 4 is 34.8 Å². The number of halogens is 5. The van der Waals surface area contributed by atoms with Crippen LogP contribution in [0.2, 0.25) is 0 Å². The molecule has 0 spiro atoms. The van der Waals surface area contributed by atoms with E-state index in [1.807, 2.05) is 24.3 Å². The van der Waals surface area contributed by atoms with E-state index in [9.17, 15) is 31.5 Å². The molecule has 0 fully saturated rings. The molecule has 0 saturated heterocycles. The number of aliphatic carboxylic acids is 1. The number of carboxylic acid groups (broad SMARTS) is 1. The van der Waals surface area contributed by atoms with E-state index in [2.05, 4.69) is 5.10 Å². The van der Waals surface area contributed by atoms with E-state index in [1.54, 1.807) is 11.4 Å². The lowest BCUT2D eigenvalue weighted by Gasteiger charge is -2.27. The van der Waals surface area contributed by atoms with Crippen LogP contribution in [0.15, 0.2) is 58.5 Å². The van der Waals surface area contributed by atoms with Crippen LogP contribution in [0.1, 0.15) is 10.4 Å². The highest BCUT2D eigenvalue weighted by atomic mass is 32.1. The number of ether oxygens (including phenoxy) is 1. The van der Waals surface area contributed by atoms with Gasteiger partial charge >= 0.3 is 23.9 Å². The molecule has 198 valence electrons. The third-order valence-electron chi connectivity index (χ3n) is 4.88. The minimum atomic E-state index is -5.08. The van der Waals surface area contributed by atoms with Crippen molar-refractivity contribution in [2.45, 2.75) is 25.9 Å². The van der Waals surface area contributed by atoms with E-state index in [4.69, 9.17) is 20.4 Å². The molecule has 1 aromatic carbocycles. The van der Waals surface area contributed by atoms with Crippen LogP contribution in [0.3, 0.4) is 0 Å². The fourth-order valence-electron chi connectivity index (χ4n) is 3.11. The van der Waals surface area contributed by atoms with E-state index >= 15 is 0 Å². The normalized spacial score (nSPS) is 12.8. The Bertz CT molecular complexity index is 1380. The number of hydrogen-bond acceptors (Lipinski definition) is 7. The quantitative estimate of drug-likeness (QED) is 0.450. The van der Waals surface area contributed by atoms with E-state index < -0.39 is 30.0 Å². The zero-order valence-corrected chi connectivity index (χ0v) is 19.4. The number of para-hydroxylation sites is 1. The van der Waals surface area contributed by atoms with Gasteiger partial charge in [-0.3, -0.25) is 4.57 Å². The maximum absolute atomic E-state index is 12.8. The fourth-order valence-corrected chi connectivity index (χ4v) is 3.95. The fraction of sp³-hybridized carbons (Fsp3) is 0.238. The number of cyclic esters (lactones) is 1. The molecule has 37 heavy (non-hydrogen) atoms. The molecule has 0 saturated carbocycles. The summed E-state index contributed by atoms with van der Waals surface area (Å²) < 4.78 is 64.8. The van der Waals surface area contributed by atoms with Gasteiger partial charge in [-0.15, -0.1) is 11.3 Å². The standard InChI is InChI=1S/C19H17F2N5O3S.C2HF3O2/c20-17(21)13(6-22)7-25-18(27)24(11-23-25)8-15-5-14(10-30-15)26-16-4-2-1-3-12(16)9-29-19(26)28;3-2(4,5)1(6)7/h1-5,10-11H,6-9,22H2;(H,6,7). The van der Waals surface area contributed by atoms with Crippen LogP contribution in [-0.4, -0.2) is 44.2 Å². The first-order valence-corrected chi connectivity index (χ1v) is 11.1. The van der Waals surface area contributed by atoms with Crippen molar-refractivity contribution in [3.63, 3.8) is 0 Å². The summed E-state index contributed by atoms with van der Waals surface area (Å²) in [6.45, 7) is -0.316. The second-order valence-electron chi connectivity index (χ2n) is 7.36. The molecule has 1 amide bonds. The zero-order chi connectivity index (χ0) is 27.3. The third kappa shape index (κ3) is 6.59. The third-order valence-corrected chi connectivity index (χ3v) is 5.79. The van der Waals surface area contributed by atoms with Gasteiger partial charge in [0, 0.05) is 27.9 Å². The Labute approximate surface area is 208 Å². The number of carbonyl (C=O) groups is 2. The molecule has 0 bridgehead atoms. The van der Waals surface area contributed by atoms with E-state index in [-0.39, 0.29) is 31.8 Å². The average Bonchev–Trinajstić information content (AvgIpc) is 3.44. The molecule has 3 aromatic rings. The summed E-state index contributed by atoms with van der Waals surface area (Å²) in [7, 11) is 0. The van der Waals surface area contributed by atoms with Gasteiger partial charge in [-0.05, 0) is 12.1 Å². The van der Waals surface area contributed by atoms with E-state index in [1.165, 1.54) is 27.1 Å². The number of thiophene rings is 1. The number of nitrogens with zero attached hydrogens (tertiary/aromatic N) is 4. The number of rotatable bonds is 6. The number of carbonyl (C=O) groups excluding carboxylic acids is 1. The van der Waals surface area contributed by atoms with Crippen molar-refractivity contribution in [3.05, 3.63) is 74.6 Å². The number of carboxylic acids is 1. The molecular formula is C21H18F5N5O5S. The molecule has 10 nitrogen and oxygen atoms in total. The number of benzene rings is 1. The lowest BCUT2D eigenvalue weighted by molar-refractivity contribution is -0.192. The van der Waals surface area contributed by atoms with Gasteiger partial charge in [0.25, 0.3) is 6.08 Å². The molecule has 2 aromatic heterocycles. The van der Waals surface area contributed by atoms with Crippen LogP contribution in [0.4, 0.5) is 38.1 Å². The summed E-state index contributed by atoms with van der Waals surface area (Å²) in [5.74, 6) is -2.76. The minimum Gasteiger partial charge on any atom is -0.475 e. The molecular weight excluding hydrogens is 529 g/mol. The number of aromatic nitrogens is 3. The average molecular weight is 547 g/mol. The predicted molar refractivity (Wildman–Crippen MR) is 121 cm³/mol. The minimum absolute atomic E-state index is 0.188. The Hall–Kier alpha value is -4.05. The van der Waals surface area contributed by atoms with Crippen LogP contribution in [0.5, 0.6) is 0 Å². The number of alkyl halides is 3. The molecule has 0 atom stereocenters. The monoisotopic (exact) mass is 547 g/mol. The van der Waals surface area contributed by atoms with Gasteiger partial charge in [-0.25, -0.2) is 24.0 Å². The zero-order valence-electron chi connectivity index (χ0n) is 18.6. The van der Waals surface area contributed by atoms with Gasteiger partial charge in [-0.2, -0.15) is 27.1 Å². The van der Waals surface area contributed by atoms with Gasteiger partial charge < -0.3 is 15.6 Å². The highest BCUT2D eigenvalue weighted by Gasteiger charge is 2.38. The molecule has 4 rings (SSSR count). The first kappa shape index (κ1) is 27.5. The second-order valence-corrected chi connectivity index (χ2v) is 8.36. The summed E-state index contributed by atoms with van der Waals surface area (Å²) in [6, 6.07) is 9.23. The van der Waals surface area contributed by atoms with E-state index in [0.29, 0.717) is 5.69 Å². The first-order chi connectivity index (χ1) is 17.4. The summed E-state index contributed by atoms with van der Waals surface area (Å²) in [4.78, 5) is 35.9. The van der Waals surface area contributed by atoms with Gasteiger partial charge in [-0.1, -0.05) is 18.2 Å².